The van der Waals surface area contributed by atoms with Crippen molar-refractivity contribution >= 4 is 27.8 Å². The molecule has 0 atom stereocenters. The molecule has 0 aliphatic heterocycles. The molecule has 0 bridgehead atoms. The Hall–Kier alpha value is 1.97. The Bertz CT molecular complexity index is 106. The molecule has 19 heavy (non-hydrogen) atoms. The van der Waals surface area contributed by atoms with Crippen molar-refractivity contribution in [3.05, 3.63) is 0 Å². The zero-order valence-corrected chi connectivity index (χ0v) is 16.2. The van der Waals surface area contributed by atoms with Gasteiger partial charge < -0.3 is 67.1 Å². The van der Waals surface area contributed by atoms with Crippen LogP contribution in [0.25, 0.3) is 0 Å². The van der Waals surface area contributed by atoms with E-state index in [2.05, 4.69) is 0 Å². The second-order valence-electron chi connectivity index (χ2n) is 0.448. The zero-order chi connectivity index (χ0) is 4.50. The predicted molar refractivity (Wildman–Crippen MR) is 68.6 cm³/mol. The molecule has 0 saturated carbocycles. The van der Waals surface area contributed by atoms with Crippen molar-refractivity contribution in [2.24, 2.45) is 0 Å². The van der Waals surface area contributed by atoms with Crippen LogP contribution in [0.15, 0.2) is 0 Å². The molecule has 0 saturated heterocycles. The number of rotatable bonds is 0. The second-order valence-corrected chi connectivity index (χ2v) is 1.34. The van der Waals surface area contributed by atoms with E-state index in [0.29, 0.717) is 0 Å². The maximum Gasteiger partial charge on any atom is 1.00 e. The third-order valence-electron chi connectivity index (χ3n) is 0. The summed E-state index contributed by atoms with van der Waals surface area (Å²) in [5.74, 6) is 0. The van der Waals surface area contributed by atoms with Crippen molar-refractivity contribution in [1.29, 1.82) is 0 Å². The van der Waals surface area contributed by atoms with Gasteiger partial charge in [-0.15, -0.1) is 0 Å². The van der Waals surface area contributed by atoms with Crippen LogP contribution in [0.3, 0.4) is 0 Å². The Morgan fingerprint density at radius 2 is 0.526 bits per heavy atom. The molecular weight excluding hydrogens is 448 g/mol. The molecule has 26 N–H and O–H groups in total. The Morgan fingerprint density at radius 3 is 0.526 bits per heavy atom. The van der Waals surface area contributed by atoms with Crippen molar-refractivity contribution in [3.8, 4) is 0 Å². The molecule has 0 aromatic heterocycles. The average molecular weight is 478 g/mol. The van der Waals surface area contributed by atoms with Crippen LogP contribution in [0.1, 0.15) is 1.43 Å². The fraction of sp³-hybridized carbons (Fsp3) is 0. The van der Waals surface area contributed by atoms with Crippen LogP contribution in [0.5, 0.6) is 0 Å². The van der Waals surface area contributed by atoms with E-state index in [4.69, 9.17) is 17.5 Å². The van der Waals surface area contributed by atoms with Crippen LogP contribution in [-0.4, -0.2) is 101 Å². The summed E-state index contributed by atoms with van der Waals surface area (Å²) in [5, 5.41) is 0. The van der Waals surface area contributed by atoms with Crippen molar-refractivity contribution < 1.29 is 154 Å². The fourth-order valence-electron chi connectivity index (χ4n) is 0. The van der Waals surface area contributed by atoms with Crippen LogP contribution in [0.2, 0.25) is 0 Å². The maximum absolute atomic E-state index is 8.74. The van der Waals surface area contributed by atoms with Crippen molar-refractivity contribution in [2.45, 2.75) is 0 Å². The normalized spacial score (nSPS) is 3.05. The van der Waals surface area contributed by atoms with E-state index in [1.54, 1.807) is 0 Å². The van der Waals surface area contributed by atoms with E-state index >= 15 is 0 Å². The quantitative estimate of drug-likeness (QED) is 0.253. The van der Waals surface area contributed by atoms with Gasteiger partial charge >= 0.3 is 79.3 Å². The predicted octanol–water partition coefficient (Wildman–Crippen LogP) is -14.6. The van der Waals surface area contributed by atoms with Gasteiger partial charge in [-0.05, 0) is 0 Å². The molecule has 16 nitrogen and oxygen atoms in total. The minimum Gasteiger partial charge on any atom is -1.00 e. The average Bonchev–Trinajstić information content (AvgIpc) is 0.722. The van der Waals surface area contributed by atoms with Gasteiger partial charge in [0.15, 0.2) is 17.4 Å². The van der Waals surface area contributed by atoms with Gasteiger partial charge in [-0.3, -0.25) is 9.11 Å². The smallest absolute Gasteiger partial charge is 1.00 e. The van der Waals surface area contributed by atoms with Crippen molar-refractivity contribution in [3.63, 3.8) is 0 Å². The van der Waals surface area contributed by atoms with E-state index in [-0.39, 0.29) is 153 Å². The van der Waals surface area contributed by atoms with Crippen LogP contribution >= 0.6 is 0 Å². The van der Waals surface area contributed by atoms with Gasteiger partial charge in [0.1, 0.15) is 0 Å². The molecular formula is H30AlCsO16S. The molecule has 0 fully saturated rings. The summed E-state index contributed by atoms with van der Waals surface area (Å²) in [6.45, 7) is 0. The molecule has 0 aliphatic carbocycles. The van der Waals surface area contributed by atoms with Crippen LogP contribution < -0.4 is 68.9 Å². The molecule has 0 aromatic carbocycles. The van der Waals surface area contributed by atoms with Crippen molar-refractivity contribution in [1.82, 2.24) is 0 Å². The third-order valence-corrected chi connectivity index (χ3v) is 0. The van der Waals surface area contributed by atoms with Gasteiger partial charge in [0, 0.05) is 0 Å². The van der Waals surface area contributed by atoms with E-state index < -0.39 is 10.4 Å². The van der Waals surface area contributed by atoms with E-state index in [1.807, 2.05) is 0 Å². The summed E-state index contributed by atoms with van der Waals surface area (Å²) in [4.78, 5) is 0. The van der Waals surface area contributed by atoms with Crippen LogP contribution in [0.4, 0.5) is 0 Å². The maximum atomic E-state index is 8.74. The molecule has 0 rings (SSSR count). The number of hydrogen-bond acceptors (Lipinski definition) is 2. The topological polar surface area (TPSA) is 453 Å². The molecule has 0 aromatic rings. The standard InChI is InChI=1S/Al.Cs.H2O4S.12H2O.4H/c;;1-5(2,3)4;;;;;;;;;;;;;;;;/h;;(H2,1,2,3,4);12*1H2;;;;/q;+1;;;;;;;;;;;;;;;;;-1. The summed E-state index contributed by atoms with van der Waals surface area (Å²) in [5.41, 5.74) is 0. The Balaban J connectivity index is -0.000000000762. The largest absolute Gasteiger partial charge is 1.00 e. The Morgan fingerprint density at radius 1 is 0.526 bits per heavy atom. The first-order valence-corrected chi connectivity index (χ1v) is 2.10. The number of hydrogen-bond donors (Lipinski definition) is 2. The Kier molecular flexibility index (Phi) is 1400. The third kappa shape index (κ3) is 1660. The minimum absolute atomic E-state index is 0. The SMILES string of the molecule is O.O.O.O.O.O.O.O.O.O.O.O.O=S(=O)(O)O.[AlH3].[Cs+].[H-]. The molecule has 0 unspecified atom stereocenters. The molecule has 0 spiro atoms. The van der Waals surface area contributed by atoms with Gasteiger partial charge in [-0.2, -0.15) is 8.42 Å². The minimum atomic E-state index is -4.67. The Labute approximate surface area is 178 Å². The van der Waals surface area contributed by atoms with Crippen LogP contribution in [0, 0.1) is 0 Å². The summed E-state index contributed by atoms with van der Waals surface area (Å²) in [7, 11) is -4.67. The second kappa shape index (κ2) is 113. The van der Waals surface area contributed by atoms with Crippen molar-refractivity contribution in [2.75, 3.05) is 0 Å². The fourth-order valence-corrected chi connectivity index (χ4v) is 0. The summed E-state index contributed by atoms with van der Waals surface area (Å²) < 4.78 is 31.6. The van der Waals surface area contributed by atoms with Gasteiger partial charge in [-0.1, -0.05) is 0 Å². The first kappa shape index (κ1) is 234. The van der Waals surface area contributed by atoms with Crippen LogP contribution in [-0.2, 0) is 10.4 Å². The van der Waals surface area contributed by atoms with E-state index in [9.17, 15) is 0 Å². The van der Waals surface area contributed by atoms with Gasteiger partial charge in [0.25, 0.3) is 0 Å². The molecule has 0 radical (unpaired) electrons. The first-order valence-electron chi connectivity index (χ1n) is 0.698. The zero-order valence-electron chi connectivity index (χ0n) is 10.1. The summed E-state index contributed by atoms with van der Waals surface area (Å²) in [6, 6.07) is 0. The van der Waals surface area contributed by atoms with Gasteiger partial charge in [0.05, 0.1) is 0 Å². The van der Waals surface area contributed by atoms with E-state index in [1.165, 1.54) is 0 Å². The molecule has 0 amide bonds. The molecule has 0 heterocycles. The molecule has 136 valence electrons. The molecule has 0 aliphatic rings. The first-order chi connectivity index (χ1) is 2.00. The van der Waals surface area contributed by atoms with Gasteiger partial charge in [-0.25, -0.2) is 0 Å². The summed E-state index contributed by atoms with van der Waals surface area (Å²) >= 11 is 0. The monoisotopic (exact) mass is 478 g/mol. The van der Waals surface area contributed by atoms with Gasteiger partial charge in [0.2, 0.25) is 0 Å². The summed E-state index contributed by atoms with van der Waals surface area (Å²) in [6.07, 6.45) is 0. The molecule has 19 heteroatoms. The van der Waals surface area contributed by atoms with E-state index in [0.717, 1.165) is 0 Å².